The molecule has 0 spiro atoms. The molecule has 0 saturated carbocycles. The summed E-state index contributed by atoms with van der Waals surface area (Å²) in [6.45, 7) is 2.46. The SMILES string of the molecule is COc1ccccc1Cn1c(C(C)NC(=O)c2cc(OC)c(OC)c(OC)c2)nc2ccccc21. The molecule has 182 valence electrons. The van der Waals surface area contributed by atoms with Gasteiger partial charge >= 0.3 is 0 Å². The van der Waals surface area contributed by atoms with E-state index in [1.807, 2.05) is 55.5 Å². The minimum Gasteiger partial charge on any atom is -0.496 e. The number of nitrogens with one attached hydrogen (secondary N) is 1. The molecular formula is C27H29N3O5. The van der Waals surface area contributed by atoms with E-state index in [2.05, 4.69) is 9.88 Å². The van der Waals surface area contributed by atoms with Crippen LogP contribution in [0.4, 0.5) is 0 Å². The van der Waals surface area contributed by atoms with Gasteiger partial charge in [-0.15, -0.1) is 0 Å². The summed E-state index contributed by atoms with van der Waals surface area (Å²) >= 11 is 0. The van der Waals surface area contributed by atoms with E-state index in [-0.39, 0.29) is 11.9 Å². The summed E-state index contributed by atoms with van der Waals surface area (Å²) in [5.74, 6) is 2.50. The summed E-state index contributed by atoms with van der Waals surface area (Å²) in [6, 6.07) is 18.7. The predicted octanol–water partition coefficient (Wildman–Crippen LogP) is 4.61. The zero-order valence-corrected chi connectivity index (χ0v) is 20.5. The number of fused-ring (bicyclic) bond motifs is 1. The van der Waals surface area contributed by atoms with Crippen molar-refractivity contribution in [2.24, 2.45) is 0 Å². The van der Waals surface area contributed by atoms with Crippen LogP contribution in [0.1, 0.15) is 34.7 Å². The summed E-state index contributed by atoms with van der Waals surface area (Å²) < 4.78 is 23.8. The number of aromatic nitrogens is 2. The monoisotopic (exact) mass is 475 g/mol. The van der Waals surface area contributed by atoms with E-state index in [4.69, 9.17) is 23.9 Å². The molecule has 1 aromatic heterocycles. The molecule has 0 aliphatic rings. The average Bonchev–Trinajstić information content (AvgIpc) is 3.26. The third-order valence-electron chi connectivity index (χ3n) is 5.87. The smallest absolute Gasteiger partial charge is 0.252 e. The molecule has 1 amide bonds. The first kappa shape index (κ1) is 23.9. The molecule has 0 bridgehead atoms. The molecule has 0 radical (unpaired) electrons. The van der Waals surface area contributed by atoms with Crippen LogP contribution in [-0.2, 0) is 6.54 Å². The van der Waals surface area contributed by atoms with E-state index in [1.165, 1.54) is 21.3 Å². The minimum atomic E-state index is -0.385. The van der Waals surface area contributed by atoms with Crippen LogP contribution in [0.15, 0.2) is 60.7 Å². The largest absolute Gasteiger partial charge is 0.496 e. The lowest BCUT2D eigenvalue weighted by atomic mass is 10.1. The molecule has 0 aliphatic heterocycles. The fraction of sp³-hybridized carbons (Fsp3) is 0.259. The van der Waals surface area contributed by atoms with Crippen LogP contribution in [-0.4, -0.2) is 43.9 Å². The predicted molar refractivity (Wildman–Crippen MR) is 134 cm³/mol. The van der Waals surface area contributed by atoms with Crippen molar-refractivity contribution < 1.29 is 23.7 Å². The second kappa shape index (κ2) is 10.4. The summed E-state index contributed by atoms with van der Waals surface area (Å²) in [4.78, 5) is 18.1. The number of para-hydroxylation sites is 3. The molecular weight excluding hydrogens is 446 g/mol. The highest BCUT2D eigenvalue weighted by molar-refractivity contribution is 5.96. The van der Waals surface area contributed by atoms with Crippen LogP contribution in [0.3, 0.4) is 0 Å². The Labute approximate surface area is 204 Å². The van der Waals surface area contributed by atoms with Crippen LogP contribution in [0.5, 0.6) is 23.0 Å². The van der Waals surface area contributed by atoms with Crippen LogP contribution in [0.25, 0.3) is 11.0 Å². The Morgan fingerprint density at radius 3 is 2.17 bits per heavy atom. The Kier molecular flexibility index (Phi) is 7.10. The molecule has 1 atom stereocenters. The molecule has 4 rings (SSSR count). The Morgan fingerprint density at radius 1 is 0.886 bits per heavy atom. The molecule has 3 aromatic carbocycles. The van der Waals surface area contributed by atoms with Gasteiger partial charge in [0.05, 0.1) is 52.1 Å². The number of nitrogens with zero attached hydrogens (tertiary/aromatic N) is 2. The fourth-order valence-corrected chi connectivity index (χ4v) is 4.15. The topological polar surface area (TPSA) is 83.8 Å². The number of rotatable bonds is 9. The van der Waals surface area contributed by atoms with E-state index in [1.54, 1.807) is 19.2 Å². The number of ether oxygens (including phenoxy) is 4. The van der Waals surface area contributed by atoms with Gasteiger partial charge in [0.2, 0.25) is 5.75 Å². The summed E-state index contributed by atoms with van der Waals surface area (Å²) in [7, 11) is 6.21. The van der Waals surface area contributed by atoms with E-state index >= 15 is 0 Å². The number of carbonyl (C=O) groups excluding carboxylic acids is 1. The van der Waals surface area contributed by atoms with Crippen molar-refractivity contribution in [2.45, 2.75) is 19.5 Å². The Bertz CT molecular complexity index is 1320. The van der Waals surface area contributed by atoms with Gasteiger partial charge in [-0.1, -0.05) is 30.3 Å². The normalized spacial score (nSPS) is 11.7. The first-order valence-corrected chi connectivity index (χ1v) is 11.2. The maximum absolute atomic E-state index is 13.2. The van der Waals surface area contributed by atoms with Gasteiger partial charge in [0, 0.05) is 11.1 Å². The van der Waals surface area contributed by atoms with Crippen LogP contribution in [0, 0.1) is 0 Å². The van der Waals surface area contributed by atoms with Crippen molar-refractivity contribution in [2.75, 3.05) is 28.4 Å². The number of hydrogen-bond acceptors (Lipinski definition) is 6. The van der Waals surface area contributed by atoms with E-state index in [0.717, 1.165) is 28.2 Å². The molecule has 35 heavy (non-hydrogen) atoms. The fourth-order valence-electron chi connectivity index (χ4n) is 4.15. The third-order valence-corrected chi connectivity index (χ3v) is 5.87. The molecule has 1 heterocycles. The van der Waals surface area contributed by atoms with Crippen molar-refractivity contribution >= 4 is 16.9 Å². The first-order chi connectivity index (χ1) is 17.0. The number of methoxy groups -OCH3 is 4. The Hall–Kier alpha value is -4.20. The molecule has 1 N–H and O–H groups in total. The van der Waals surface area contributed by atoms with Crippen LogP contribution < -0.4 is 24.3 Å². The number of carbonyl (C=O) groups is 1. The lowest BCUT2D eigenvalue weighted by molar-refractivity contribution is 0.0937. The first-order valence-electron chi connectivity index (χ1n) is 11.2. The molecule has 0 aliphatic carbocycles. The Morgan fingerprint density at radius 2 is 1.51 bits per heavy atom. The third kappa shape index (κ3) is 4.73. The maximum atomic E-state index is 13.2. The lowest BCUT2D eigenvalue weighted by Crippen LogP contribution is -2.29. The van der Waals surface area contributed by atoms with Gasteiger partial charge in [-0.3, -0.25) is 4.79 Å². The molecule has 0 fully saturated rings. The van der Waals surface area contributed by atoms with Gasteiger partial charge in [-0.05, 0) is 37.3 Å². The standard InChI is InChI=1S/C27H29N3O5/c1-17(28-27(31)19-14-23(33-3)25(35-5)24(15-19)34-4)26-29-20-11-7-8-12-21(20)30(26)16-18-10-6-9-13-22(18)32-2/h6-15,17H,16H2,1-5H3,(H,28,31). The molecule has 4 aromatic rings. The number of amides is 1. The van der Waals surface area contributed by atoms with Gasteiger partial charge in [-0.2, -0.15) is 0 Å². The summed E-state index contributed by atoms with van der Waals surface area (Å²) in [5, 5.41) is 3.06. The zero-order valence-electron chi connectivity index (χ0n) is 20.5. The maximum Gasteiger partial charge on any atom is 0.252 e. The van der Waals surface area contributed by atoms with Crippen LogP contribution in [0.2, 0.25) is 0 Å². The van der Waals surface area contributed by atoms with Gasteiger partial charge < -0.3 is 28.8 Å². The number of hydrogen-bond donors (Lipinski definition) is 1. The average molecular weight is 476 g/mol. The second-order valence-electron chi connectivity index (χ2n) is 7.97. The van der Waals surface area contributed by atoms with Crippen molar-refractivity contribution in [1.82, 2.24) is 14.9 Å². The molecule has 1 unspecified atom stereocenters. The van der Waals surface area contributed by atoms with E-state index in [0.29, 0.717) is 29.4 Å². The van der Waals surface area contributed by atoms with Gasteiger partial charge in [-0.25, -0.2) is 4.98 Å². The summed E-state index contributed by atoms with van der Waals surface area (Å²) in [6.07, 6.45) is 0. The van der Waals surface area contributed by atoms with Crippen molar-refractivity contribution in [3.63, 3.8) is 0 Å². The molecule has 8 heteroatoms. The van der Waals surface area contributed by atoms with Gasteiger partial charge in [0.1, 0.15) is 11.6 Å². The Balaban J connectivity index is 1.68. The quantitative estimate of drug-likeness (QED) is 0.381. The van der Waals surface area contributed by atoms with Gasteiger partial charge in [0.25, 0.3) is 5.91 Å². The lowest BCUT2D eigenvalue weighted by Gasteiger charge is -2.18. The highest BCUT2D eigenvalue weighted by Gasteiger charge is 2.22. The highest BCUT2D eigenvalue weighted by Crippen LogP contribution is 2.38. The van der Waals surface area contributed by atoms with E-state index in [9.17, 15) is 4.79 Å². The van der Waals surface area contributed by atoms with Crippen LogP contribution >= 0.6 is 0 Å². The second-order valence-corrected chi connectivity index (χ2v) is 7.97. The molecule has 8 nitrogen and oxygen atoms in total. The van der Waals surface area contributed by atoms with Crippen molar-refractivity contribution in [1.29, 1.82) is 0 Å². The highest BCUT2D eigenvalue weighted by atomic mass is 16.5. The van der Waals surface area contributed by atoms with Crippen molar-refractivity contribution in [3.05, 3.63) is 77.6 Å². The molecule has 0 saturated heterocycles. The van der Waals surface area contributed by atoms with E-state index < -0.39 is 0 Å². The minimum absolute atomic E-state index is 0.285. The zero-order chi connectivity index (χ0) is 24.9. The number of benzene rings is 3. The van der Waals surface area contributed by atoms with Crippen molar-refractivity contribution in [3.8, 4) is 23.0 Å². The summed E-state index contributed by atoms with van der Waals surface area (Å²) in [5.41, 5.74) is 3.23. The van der Waals surface area contributed by atoms with Gasteiger partial charge in [0.15, 0.2) is 11.5 Å². The number of imidazole rings is 1.